The fourth-order valence-electron chi connectivity index (χ4n) is 0.950. The Labute approximate surface area is 83.2 Å². The molecule has 0 bridgehead atoms. The summed E-state index contributed by atoms with van der Waals surface area (Å²) in [5.41, 5.74) is 0. The molecule has 15 heavy (non-hydrogen) atoms. The molecule has 2 aromatic heterocycles. The molecule has 2 heterocycles. The van der Waals surface area contributed by atoms with E-state index in [9.17, 15) is 4.79 Å². The van der Waals surface area contributed by atoms with Crippen molar-refractivity contribution in [3.63, 3.8) is 0 Å². The van der Waals surface area contributed by atoms with Crippen molar-refractivity contribution in [2.75, 3.05) is 4.90 Å². The van der Waals surface area contributed by atoms with Gasteiger partial charge in [-0.15, -0.1) is 0 Å². The summed E-state index contributed by atoms with van der Waals surface area (Å²) in [6.45, 7) is 0. The number of nitrogens with zero attached hydrogens (tertiary/aromatic N) is 5. The zero-order valence-electron chi connectivity index (χ0n) is 7.31. The van der Waals surface area contributed by atoms with Gasteiger partial charge in [-0.05, 0) is 6.07 Å². The molecule has 0 aliphatic carbocycles. The fourth-order valence-corrected chi connectivity index (χ4v) is 0.950. The number of aromatic nitrogens is 4. The van der Waals surface area contributed by atoms with Gasteiger partial charge in [0.2, 0.25) is 11.8 Å². The Morgan fingerprint density at radius 3 is 2.67 bits per heavy atom. The van der Waals surface area contributed by atoms with Crippen LogP contribution in [0.25, 0.3) is 0 Å². The highest BCUT2D eigenvalue weighted by Crippen LogP contribution is 2.17. The first-order valence-corrected chi connectivity index (χ1v) is 3.86. The summed E-state index contributed by atoms with van der Waals surface area (Å²) in [6, 6.07) is 1.57. The monoisotopic (exact) mass is 207 g/mol. The van der Waals surface area contributed by atoms with Crippen molar-refractivity contribution in [2.45, 2.75) is 0 Å². The van der Waals surface area contributed by atoms with Crippen molar-refractivity contribution in [2.24, 2.45) is 0 Å². The maximum absolute atomic E-state index is 10.9. The zero-order chi connectivity index (χ0) is 10.7. The molecule has 0 saturated carbocycles. The second kappa shape index (κ2) is 3.70. The van der Waals surface area contributed by atoms with E-state index in [0.717, 1.165) is 11.2 Å². The highest BCUT2D eigenvalue weighted by Gasteiger charge is 2.22. The van der Waals surface area contributed by atoms with Gasteiger partial charge in [0.1, 0.15) is 0 Å². The van der Waals surface area contributed by atoms with Crippen molar-refractivity contribution >= 4 is 17.9 Å². The SMILES string of the molecule is O=C(O)N(c1conn1)c1ncccn1. The van der Waals surface area contributed by atoms with Crippen molar-refractivity contribution in [1.82, 2.24) is 20.3 Å². The van der Waals surface area contributed by atoms with Crippen LogP contribution in [0.2, 0.25) is 0 Å². The largest absolute Gasteiger partial charge is 0.464 e. The molecule has 2 aromatic rings. The summed E-state index contributed by atoms with van der Waals surface area (Å²) < 4.78 is 4.45. The second-order valence-corrected chi connectivity index (χ2v) is 2.43. The summed E-state index contributed by atoms with van der Waals surface area (Å²) in [7, 11) is 0. The number of anilines is 2. The molecule has 0 saturated heterocycles. The van der Waals surface area contributed by atoms with Gasteiger partial charge in [-0.25, -0.2) is 14.8 Å². The van der Waals surface area contributed by atoms with Crippen LogP contribution < -0.4 is 4.90 Å². The van der Waals surface area contributed by atoms with Crippen LogP contribution in [0.5, 0.6) is 0 Å². The Balaban J connectivity index is 2.42. The predicted octanol–water partition coefficient (Wildman–Crippen LogP) is 0.676. The molecule has 0 unspecified atom stereocenters. The molecule has 76 valence electrons. The molecule has 0 fully saturated rings. The van der Waals surface area contributed by atoms with Gasteiger partial charge in [-0.1, -0.05) is 5.10 Å². The summed E-state index contributed by atoms with van der Waals surface area (Å²) in [4.78, 5) is 19.3. The molecule has 2 rings (SSSR count). The van der Waals surface area contributed by atoms with Gasteiger partial charge in [0.15, 0.2) is 6.26 Å². The minimum atomic E-state index is -1.27. The molecule has 1 amide bonds. The number of hydrogen-bond acceptors (Lipinski definition) is 6. The van der Waals surface area contributed by atoms with Crippen LogP contribution in [0, 0.1) is 0 Å². The van der Waals surface area contributed by atoms with Crippen molar-refractivity contribution in [3.8, 4) is 0 Å². The van der Waals surface area contributed by atoms with E-state index in [2.05, 4.69) is 24.9 Å². The third-order valence-corrected chi connectivity index (χ3v) is 1.52. The summed E-state index contributed by atoms with van der Waals surface area (Å²) in [5.74, 6) is -0.00519. The number of hydrogen-bond donors (Lipinski definition) is 1. The van der Waals surface area contributed by atoms with Crippen LogP contribution in [-0.4, -0.2) is 31.5 Å². The molecule has 1 N–H and O–H groups in total. The minimum Gasteiger partial charge on any atom is -0.464 e. The Kier molecular flexibility index (Phi) is 2.23. The van der Waals surface area contributed by atoms with Crippen LogP contribution in [0.4, 0.5) is 16.6 Å². The lowest BCUT2D eigenvalue weighted by Crippen LogP contribution is -2.25. The lowest BCUT2D eigenvalue weighted by Gasteiger charge is -2.11. The fraction of sp³-hybridized carbons (Fsp3) is 0. The average Bonchev–Trinajstić information content (AvgIpc) is 2.72. The topological polar surface area (TPSA) is 105 Å². The maximum atomic E-state index is 10.9. The van der Waals surface area contributed by atoms with Gasteiger partial charge in [0.05, 0.1) is 0 Å². The van der Waals surface area contributed by atoms with Crippen LogP contribution in [0.3, 0.4) is 0 Å². The zero-order valence-corrected chi connectivity index (χ0v) is 7.31. The van der Waals surface area contributed by atoms with Crippen molar-refractivity contribution < 1.29 is 14.4 Å². The third-order valence-electron chi connectivity index (χ3n) is 1.52. The van der Waals surface area contributed by atoms with E-state index in [0.29, 0.717) is 0 Å². The molecule has 0 aromatic carbocycles. The number of amides is 1. The molecule has 8 nitrogen and oxygen atoms in total. The van der Waals surface area contributed by atoms with Gasteiger partial charge in [0.25, 0.3) is 0 Å². The normalized spacial score (nSPS) is 9.87. The maximum Gasteiger partial charge on any atom is 0.420 e. The molecule has 0 spiro atoms. The number of rotatable bonds is 2. The first-order valence-electron chi connectivity index (χ1n) is 3.86. The molecule has 8 heteroatoms. The van der Waals surface area contributed by atoms with Gasteiger partial charge in [-0.3, -0.25) is 0 Å². The van der Waals surface area contributed by atoms with E-state index < -0.39 is 6.09 Å². The Morgan fingerprint density at radius 1 is 1.40 bits per heavy atom. The highest BCUT2D eigenvalue weighted by molar-refractivity contribution is 5.90. The molecule has 0 atom stereocenters. The Hall–Kier alpha value is -2.51. The molecule has 0 radical (unpaired) electrons. The Morgan fingerprint density at radius 2 is 2.13 bits per heavy atom. The molecular formula is C7H5N5O3. The number of carbonyl (C=O) groups is 1. The van der Waals surface area contributed by atoms with Gasteiger partial charge in [-0.2, -0.15) is 4.90 Å². The van der Waals surface area contributed by atoms with E-state index >= 15 is 0 Å². The van der Waals surface area contributed by atoms with Gasteiger partial charge >= 0.3 is 6.09 Å². The standard InChI is InChI=1S/C7H5N5O3/c13-7(14)12(5-4-15-11-10-5)6-8-2-1-3-9-6/h1-4H,(H,13,14). The van der Waals surface area contributed by atoms with Crippen LogP contribution in [0.1, 0.15) is 0 Å². The van der Waals surface area contributed by atoms with E-state index in [-0.39, 0.29) is 11.8 Å². The van der Waals surface area contributed by atoms with Crippen molar-refractivity contribution in [3.05, 3.63) is 24.7 Å². The molecule has 0 aliphatic rings. The quantitative estimate of drug-likeness (QED) is 0.771. The Bertz CT molecular complexity index is 443. The smallest absolute Gasteiger partial charge is 0.420 e. The third kappa shape index (κ3) is 1.73. The van der Waals surface area contributed by atoms with E-state index in [1.165, 1.54) is 12.4 Å². The van der Waals surface area contributed by atoms with Crippen LogP contribution in [-0.2, 0) is 0 Å². The summed E-state index contributed by atoms with van der Waals surface area (Å²) >= 11 is 0. The summed E-state index contributed by atoms with van der Waals surface area (Å²) in [5, 5.41) is 15.6. The second-order valence-electron chi connectivity index (χ2n) is 2.43. The first-order chi connectivity index (χ1) is 7.29. The van der Waals surface area contributed by atoms with Gasteiger partial charge < -0.3 is 9.63 Å². The predicted molar refractivity (Wildman–Crippen MR) is 46.5 cm³/mol. The molecule has 0 aliphatic heterocycles. The first kappa shape index (κ1) is 9.06. The average molecular weight is 207 g/mol. The minimum absolute atomic E-state index is 0.00806. The van der Waals surface area contributed by atoms with Crippen LogP contribution >= 0.6 is 0 Å². The van der Waals surface area contributed by atoms with Crippen LogP contribution in [0.15, 0.2) is 29.2 Å². The highest BCUT2D eigenvalue weighted by atomic mass is 16.5. The number of carboxylic acid groups (broad SMARTS) is 1. The van der Waals surface area contributed by atoms with E-state index in [4.69, 9.17) is 5.11 Å². The lowest BCUT2D eigenvalue weighted by molar-refractivity contribution is 0.204. The lowest BCUT2D eigenvalue weighted by atomic mass is 10.6. The van der Waals surface area contributed by atoms with E-state index in [1.807, 2.05) is 0 Å². The van der Waals surface area contributed by atoms with E-state index in [1.54, 1.807) is 6.07 Å². The summed E-state index contributed by atoms with van der Waals surface area (Å²) in [6.07, 6.45) is 2.67. The molecular weight excluding hydrogens is 202 g/mol. The van der Waals surface area contributed by atoms with Crippen molar-refractivity contribution in [1.29, 1.82) is 0 Å². The van der Waals surface area contributed by atoms with Gasteiger partial charge in [0, 0.05) is 17.7 Å².